The predicted molar refractivity (Wildman–Crippen MR) is 101 cm³/mol. The average molecular weight is 363 g/mol. The number of rotatable bonds is 5. The number of cyclic esters (lactones) is 1. The van der Waals surface area contributed by atoms with Crippen LogP contribution in [0.4, 0.5) is 0 Å². The molecule has 6 heteroatoms. The predicted octanol–water partition coefficient (Wildman–Crippen LogP) is 2.78. The molecule has 2 aromatic carbocycles. The maximum atomic E-state index is 12.6. The number of H-pyrrole nitrogens is 1. The molecule has 2 N–H and O–H groups in total. The first-order valence-electron chi connectivity index (χ1n) is 9.08. The lowest BCUT2D eigenvalue weighted by Gasteiger charge is -2.33. The monoisotopic (exact) mass is 363 g/mol. The summed E-state index contributed by atoms with van der Waals surface area (Å²) in [6.07, 6.45) is 1.85. The normalized spacial score (nSPS) is 18.8. The molecule has 1 atom stereocenters. The quantitative estimate of drug-likeness (QED) is 0.539. The van der Waals surface area contributed by atoms with Gasteiger partial charge in [-0.3, -0.25) is 4.79 Å². The van der Waals surface area contributed by atoms with Gasteiger partial charge in [0.05, 0.1) is 16.6 Å². The number of amides is 1. The van der Waals surface area contributed by atoms with Crippen LogP contribution in [0.5, 0.6) is 0 Å². The number of aromatic nitrogens is 2. The maximum Gasteiger partial charge on any atom is 0.339 e. The van der Waals surface area contributed by atoms with Gasteiger partial charge < -0.3 is 15.0 Å². The van der Waals surface area contributed by atoms with E-state index >= 15 is 0 Å². The molecule has 0 aliphatic carbocycles. The fourth-order valence-corrected chi connectivity index (χ4v) is 3.43. The molecule has 0 fully saturated rings. The van der Waals surface area contributed by atoms with Gasteiger partial charge in [0, 0.05) is 19.4 Å². The lowest BCUT2D eigenvalue weighted by atomic mass is 9.89. The molecular formula is C21H21N3O3. The molecule has 0 saturated heterocycles. The van der Waals surface area contributed by atoms with E-state index in [9.17, 15) is 9.59 Å². The van der Waals surface area contributed by atoms with Crippen LogP contribution < -0.4 is 5.32 Å². The molecule has 1 amide bonds. The Hall–Kier alpha value is -3.15. The van der Waals surface area contributed by atoms with Crippen LogP contribution in [0.2, 0.25) is 0 Å². The molecule has 6 nitrogen and oxygen atoms in total. The third kappa shape index (κ3) is 3.43. The molecule has 1 aromatic heterocycles. The Morgan fingerprint density at radius 1 is 1.22 bits per heavy atom. The number of esters is 1. The van der Waals surface area contributed by atoms with Crippen LogP contribution in [-0.2, 0) is 22.4 Å². The first-order valence-corrected chi connectivity index (χ1v) is 9.08. The van der Waals surface area contributed by atoms with E-state index in [1.54, 1.807) is 19.1 Å². The Kier molecular flexibility index (Phi) is 4.39. The molecule has 27 heavy (non-hydrogen) atoms. The minimum atomic E-state index is -1.18. The Labute approximate surface area is 156 Å². The molecule has 0 spiro atoms. The second-order valence-corrected chi connectivity index (χ2v) is 7.01. The summed E-state index contributed by atoms with van der Waals surface area (Å²) in [5.74, 6) is 0.182. The zero-order chi connectivity index (χ0) is 18.9. The van der Waals surface area contributed by atoms with E-state index in [4.69, 9.17) is 4.74 Å². The number of nitrogens with one attached hydrogen (secondary N) is 2. The van der Waals surface area contributed by atoms with Crippen molar-refractivity contribution in [1.29, 1.82) is 0 Å². The third-order valence-corrected chi connectivity index (χ3v) is 4.88. The summed E-state index contributed by atoms with van der Waals surface area (Å²) in [6, 6.07) is 15.1. The van der Waals surface area contributed by atoms with E-state index in [0.717, 1.165) is 35.3 Å². The van der Waals surface area contributed by atoms with Crippen molar-refractivity contribution in [3.05, 3.63) is 65.5 Å². The number of para-hydroxylation sites is 2. The lowest BCUT2D eigenvalue weighted by molar-refractivity contribution is -0.139. The number of imidazole rings is 1. The van der Waals surface area contributed by atoms with Gasteiger partial charge in [-0.05, 0) is 37.1 Å². The molecule has 138 valence electrons. The van der Waals surface area contributed by atoms with Crippen molar-refractivity contribution < 1.29 is 14.3 Å². The largest absolute Gasteiger partial charge is 0.445 e. The van der Waals surface area contributed by atoms with Crippen LogP contribution in [0.15, 0.2) is 48.5 Å². The zero-order valence-electron chi connectivity index (χ0n) is 15.1. The molecule has 4 rings (SSSR count). The first-order chi connectivity index (χ1) is 13.0. The average Bonchev–Trinajstić information content (AvgIpc) is 3.08. The standard InChI is InChI=1S/C21H21N3O3/c1-21(13-14-7-2-3-8-15(14)19(25)27-21)20(26)22-12-6-11-18-23-16-9-4-5-10-17(16)24-18/h2-5,7-10H,6,11-13H2,1H3,(H,22,26)(H,23,24)/t21-/m0/s1. The number of carbonyl (C=O) groups is 2. The van der Waals surface area contributed by atoms with Crippen LogP contribution in [0.25, 0.3) is 11.0 Å². The number of hydrogen-bond donors (Lipinski definition) is 2. The fraction of sp³-hybridized carbons (Fsp3) is 0.286. The van der Waals surface area contributed by atoms with Crippen molar-refractivity contribution >= 4 is 22.9 Å². The van der Waals surface area contributed by atoms with Gasteiger partial charge in [-0.15, -0.1) is 0 Å². The molecule has 2 heterocycles. The minimum absolute atomic E-state index is 0.269. The first kappa shape index (κ1) is 17.3. The number of ether oxygens (including phenoxy) is 1. The number of aryl methyl sites for hydroxylation is 1. The van der Waals surface area contributed by atoms with Crippen LogP contribution >= 0.6 is 0 Å². The van der Waals surface area contributed by atoms with Gasteiger partial charge in [0.25, 0.3) is 5.91 Å². The van der Waals surface area contributed by atoms with Crippen molar-refractivity contribution in [2.24, 2.45) is 0 Å². The van der Waals surface area contributed by atoms with Crippen molar-refractivity contribution in [2.75, 3.05) is 6.54 Å². The Morgan fingerprint density at radius 3 is 2.85 bits per heavy atom. The molecule has 0 radical (unpaired) electrons. The van der Waals surface area contributed by atoms with Crippen molar-refractivity contribution in [1.82, 2.24) is 15.3 Å². The summed E-state index contributed by atoms with van der Waals surface area (Å²) >= 11 is 0. The Morgan fingerprint density at radius 2 is 2.00 bits per heavy atom. The van der Waals surface area contributed by atoms with Gasteiger partial charge in [-0.25, -0.2) is 9.78 Å². The second-order valence-electron chi connectivity index (χ2n) is 7.01. The van der Waals surface area contributed by atoms with E-state index in [1.165, 1.54) is 0 Å². The van der Waals surface area contributed by atoms with Crippen LogP contribution in [-0.4, -0.2) is 34.0 Å². The van der Waals surface area contributed by atoms with Crippen molar-refractivity contribution in [3.8, 4) is 0 Å². The van der Waals surface area contributed by atoms with Crippen LogP contribution in [0, 0.1) is 0 Å². The molecular weight excluding hydrogens is 342 g/mol. The second kappa shape index (κ2) is 6.87. The fourth-order valence-electron chi connectivity index (χ4n) is 3.43. The molecule has 0 unspecified atom stereocenters. The maximum absolute atomic E-state index is 12.6. The van der Waals surface area contributed by atoms with Gasteiger partial charge in [-0.2, -0.15) is 0 Å². The molecule has 1 aliphatic rings. The number of carbonyl (C=O) groups excluding carboxylic acids is 2. The highest BCUT2D eigenvalue weighted by molar-refractivity contribution is 5.97. The van der Waals surface area contributed by atoms with Gasteiger partial charge in [-0.1, -0.05) is 30.3 Å². The highest BCUT2D eigenvalue weighted by Gasteiger charge is 2.42. The summed E-state index contributed by atoms with van der Waals surface area (Å²) in [6.45, 7) is 2.15. The lowest BCUT2D eigenvalue weighted by Crippen LogP contribution is -2.51. The highest BCUT2D eigenvalue weighted by atomic mass is 16.6. The Balaban J connectivity index is 1.33. The smallest absolute Gasteiger partial charge is 0.339 e. The van der Waals surface area contributed by atoms with Crippen molar-refractivity contribution in [3.63, 3.8) is 0 Å². The van der Waals surface area contributed by atoms with Gasteiger partial charge in [0.15, 0.2) is 5.60 Å². The number of nitrogens with zero attached hydrogens (tertiary/aromatic N) is 1. The molecule has 3 aromatic rings. The number of hydrogen-bond acceptors (Lipinski definition) is 4. The molecule has 1 aliphatic heterocycles. The molecule has 0 saturated carbocycles. The SMILES string of the molecule is C[C@@]1(C(=O)NCCCc2nc3ccccc3[nH]2)Cc2ccccc2C(=O)O1. The summed E-state index contributed by atoms with van der Waals surface area (Å²) in [7, 11) is 0. The zero-order valence-corrected chi connectivity index (χ0v) is 15.1. The third-order valence-electron chi connectivity index (χ3n) is 4.88. The summed E-state index contributed by atoms with van der Waals surface area (Å²) in [4.78, 5) is 32.6. The highest BCUT2D eigenvalue weighted by Crippen LogP contribution is 2.28. The van der Waals surface area contributed by atoms with Gasteiger partial charge >= 0.3 is 5.97 Å². The summed E-state index contributed by atoms with van der Waals surface area (Å²) < 4.78 is 5.45. The Bertz CT molecular complexity index is 978. The van der Waals surface area contributed by atoms with Crippen molar-refractivity contribution in [2.45, 2.75) is 31.8 Å². The van der Waals surface area contributed by atoms with Crippen LogP contribution in [0.1, 0.15) is 35.1 Å². The van der Waals surface area contributed by atoms with E-state index in [2.05, 4.69) is 15.3 Å². The topological polar surface area (TPSA) is 84.1 Å². The molecule has 0 bridgehead atoms. The minimum Gasteiger partial charge on any atom is -0.445 e. The van der Waals surface area contributed by atoms with Crippen LogP contribution in [0.3, 0.4) is 0 Å². The summed E-state index contributed by atoms with van der Waals surface area (Å²) in [5, 5.41) is 2.89. The van der Waals surface area contributed by atoms with E-state index < -0.39 is 11.6 Å². The number of fused-ring (bicyclic) bond motifs is 2. The van der Waals surface area contributed by atoms with E-state index in [0.29, 0.717) is 18.5 Å². The number of benzene rings is 2. The summed E-state index contributed by atoms with van der Waals surface area (Å²) in [5.41, 5.74) is 2.15. The van der Waals surface area contributed by atoms with Gasteiger partial charge in [0.2, 0.25) is 0 Å². The van der Waals surface area contributed by atoms with E-state index in [-0.39, 0.29) is 5.91 Å². The number of aromatic amines is 1. The van der Waals surface area contributed by atoms with E-state index in [1.807, 2.05) is 36.4 Å². The van der Waals surface area contributed by atoms with Gasteiger partial charge in [0.1, 0.15) is 5.82 Å².